The van der Waals surface area contributed by atoms with E-state index in [-0.39, 0.29) is 5.56 Å². The predicted molar refractivity (Wildman–Crippen MR) is 93.5 cm³/mol. The number of para-hydroxylation sites is 1. The summed E-state index contributed by atoms with van der Waals surface area (Å²) in [5, 5.41) is 9.68. The van der Waals surface area contributed by atoms with Crippen molar-refractivity contribution < 1.29 is 14.7 Å². The Bertz CT molecular complexity index is 1010. The SMILES string of the molecule is CC(C(=O)O)n1/c(=N/C(=O)c2ccccc2Cl)sc2ccccc21. The van der Waals surface area contributed by atoms with E-state index in [0.29, 0.717) is 9.82 Å². The van der Waals surface area contributed by atoms with Crippen molar-refractivity contribution in [2.24, 2.45) is 4.99 Å². The zero-order chi connectivity index (χ0) is 17.3. The maximum Gasteiger partial charge on any atom is 0.326 e. The van der Waals surface area contributed by atoms with Crippen LogP contribution in [0.5, 0.6) is 0 Å². The molecule has 24 heavy (non-hydrogen) atoms. The van der Waals surface area contributed by atoms with Gasteiger partial charge in [-0.2, -0.15) is 4.99 Å². The second-order valence-corrected chi connectivity index (χ2v) is 6.55. The molecule has 1 amide bonds. The van der Waals surface area contributed by atoms with Crippen LogP contribution in [-0.4, -0.2) is 21.6 Å². The molecule has 1 unspecified atom stereocenters. The predicted octanol–water partition coefficient (Wildman–Crippen LogP) is 3.74. The molecular formula is C17H13ClN2O3S. The highest BCUT2D eigenvalue weighted by molar-refractivity contribution is 7.16. The van der Waals surface area contributed by atoms with Crippen LogP contribution >= 0.6 is 22.9 Å². The summed E-state index contributed by atoms with van der Waals surface area (Å²) < 4.78 is 2.41. The smallest absolute Gasteiger partial charge is 0.326 e. The lowest BCUT2D eigenvalue weighted by Crippen LogP contribution is -2.25. The van der Waals surface area contributed by atoms with Gasteiger partial charge in [0, 0.05) is 0 Å². The number of rotatable bonds is 3. The maximum atomic E-state index is 12.5. The number of aromatic nitrogens is 1. The fourth-order valence-electron chi connectivity index (χ4n) is 2.34. The molecule has 7 heteroatoms. The molecule has 1 atom stereocenters. The molecule has 0 saturated heterocycles. The molecule has 1 N–H and O–H groups in total. The number of carboxylic acids is 1. The second-order valence-electron chi connectivity index (χ2n) is 5.13. The van der Waals surface area contributed by atoms with Crippen LogP contribution in [0, 0.1) is 0 Å². The minimum absolute atomic E-state index is 0.283. The number of carbonyl (C=O) groups excluding carboxylic acids is 1. The Labute approximate surface area is 146 Å². The van der Waals surface area contributed by atoms with Gasteiger partial charge in [-0.25, -0.2) is 4.79 Å². The van der Waals surface area contributed by atoms with Gasteiger partial charge < -0.3 is 9.67 Å². The summed E-state index contributed by atoms with van der Waals surface area (Å²) >= 11 is 7.31. The first kappa shape index (κ1) is 16.4. The van der Waals surface area contributed by atoms with Gasteiger partial charge in [0.25, 0.3) is 5.91 Å². The van der Waals surface area contributed by atoms with Crippen LogP contribution in [0.15, 0.2) is 53.5 Å². The molecule has 0 aliphatic carbocycles. The number of halogens is 1. The highest BCUT2D eigenvalue weighted by atomic mass is 35.5. The molecule has 0 spiro atoms. The Morgan fingerprint density at radius 1 is 1.17 bits per heavy atom. The average Bonchev–Trinajstić information content (AvgIpc) is 2.92. The number of aliphatic carboxylic acids is 1. The zero-order valence-corrected chi connectivity index (χ0v) is 14.2. The van der Waals surface area contributed by atoms with E-state index in [1.54, 1.807) is 35.8 Å². The number of nitrogens with zero attached hydrogens (tertiary/aromatic N) is 2. The van der Waals surface area contributed by atoms with Gasteiger partial charge in [0.05, 0.1) is 20.8 Å². The van der Waals surface area contributed by atoms with Crippen molar-refractivity contribution in [2.75, 3.05) is 0 Å². The highest BCUT2D eigenvalue weighted by Crippen LogP contribution is 2.21. The minimum atomic E-state index is -0.995. The molecule has 5 nitrogen and oxygen atoms in total. The maximum absolute atomic E-state index is 12.5. The van der Waals surface area contributed by atoms with E-state index in [1.807, 2.05) is 24.3 Å². The van der Waals surface area contributed by atoms with Gasteiger partial charge in [0.1, 0.15) is 6.04 Å². The number of carbonyl (C=O) groups is 2. The van der Waals surface area contributed by atoms with E-state index in [0.717, 1.165) is 10.2 Å². The number of hydrogen-bond acceptors (Lipinski definition) is 3. The van der Waals surface area contributed by atoms with Gasteiger partial charge >= 0.3 is 5.97 Å². The lowest BCUT2D eigenvalue weighted by atomic mass is 10.2. The van der Waals surface area contributed by atoms with E-state index in [2.05, 4.69) is 4.99 Å². The second kappa shape index (κ2) is 6.59. The molecule has 0 fully saturated rings. The molecule has 2 aromatic carbocycles. The molecule has 0 bridgehead atoms. The van der Waals surface area contributed by atoms with Gasteiger partial charge in [-0.3, -0.25) is 4.79 Å². The molecule has 0 saturated carbocycles. The number of benzene rings is 2. The molecular weight excluding hydrogens is 348 g/mol. The minimum Gasteiger partial charge on any atom is -0.480 e. The van der Waals surface area contributed by atoms with Gasteiger partial charge in [0.2, 0.25) is 0 Å². The fraction of sp³-hybridized carbons (Fsp3) is 0.118. The Hall–Kier alpha value is -2.44. The topological polar surface area (TPSA) is 71.7 Å². The summed E-state index contributed by atoms with van der Waals surface area (Å²) in [5.41, 5.74) is 1.01. The van der Waals surface area contributed by atoms with Gasteiger partial charge in [-0.05, 0) is 31.2 Å². The van der Waals surface area contributed by atoms with Crippen molar-refractivity contribution in [3.05, 3.63) is 63.9 Å². The largest absolute Gasteiger partial charge is 0.480 e. The number of amides is 1. The van der Waals surface area contributed by atoms with Crippen LogP contribution in [0.1, 0.15) is 23.3 Å². The van der Waals surface area contributed by atoms with E-state index in [4.69, 9.17) is 11.6 Å². The van der Waals surface area contributed by atoms with Crippen LogP contribution in [0.25, 0.3) is 10.2 Å². The Kier molecular flexibility index (Phi) is 4.51. The molecule has 0 aliphatic rings. The standard InChI is InChI=1S/C17H13ClN2O3S/c1-10(16(22)23)20-13-8-4-5-9-14(13)24-17(20)19-15(21)11-6-2-3-7-12(11)18/h2-10H,1H3,(H,22,23)/b19-17-. The van der Waals surface area contributed by atoms with Crippen LogP contribution < -0.4 is 4.80 Å². The van der Waals surface area contributed by atoms with Crippen LogP contribution in [0.2, 0.25) is 5.02 Å². The van der Waals surface area contributed by atoms with Crippen molar-refractivity contribution in [3.8, 4) is 0 Å². The van der Waals surface area contributed by atoms with Crippen molar-refractivity contribution in [1.29, 1.82) is 0 Å². The fourth-order valence-corrected chi connectivity index (χ4v) is 3.65. The van der Waals surface area contributed by atoms with Crippen molar-refractivity contribution in [1.82, 2.24) is 4.57 Å². The molecule has 0 radical (unpaired) electrons. The first-order chi connectivity index (χ1) is 11.5. The molecule has 1 aromatic heterocycles. The van der Waals surface area contributed by atoms with E-state index < -0.39 is 17.9 Å². The molecule has 0 aliphatic heterocycles. The highest BCUT2D eigenvalue weighted by Gasteiger charge is 2.19. The third kappa shape index (κ3) is 2.98. The summed E-state index contributed by atoms with van der Waals surface area (Å²) in [6, 6.07) is 13.1. The summed E-state index contributed by atoms with van der Waals surface area (Å²) in [6.45, 7) is 1.56. The van der Waals surface area contributed by atoms with Gasteiger partial charge in [-0.1, -0.05) is 47.2 Å². The quantitative estimate of drug-likeness (QED) is 0.773. The number of hydrogen-bond donors (Lipinski definition) is 1. The summed E-state index contributed by atoms with van der Waals surface area (Å²) in [7, 11) is 0. The Morgan fingerprint density at radius 3 is 2.54 bits per heavy atom. The average molecular weight is 361 g/mol. The molecule has 122 valence electrons. The first-order valence-corrected chi connectivity index (χ1v) is 8.35. The van der Waals surface area contributed by atoms with Crippen molar-refractivity contribution in [2.45, 2.75) is 13.0 Å². The van der Waals surface area contributed by atoms with E-state index >= 15 is 0 Å². The number of thiazole rings is 1. The molecule has 1 heterocycles. The third-order valence-corrected chi connectivity index (χ3v) is 4.94. The molecule has 3 aromatic rings. The Balaban J connectivity index is 2.22. The third-order valence-electron chi connectivity index (χ3n) is 3.58. The van der Waals surface area contributed by atoms with Crippen molar-refractivity contribution in [3.63, 3.8) is 0 Å². The summed E-state index contributed by atoms with van der Waals surface area (Å²) in [6.07, 6.45) is 0. The van der Waals surface area contributed by atoms with Gasteiger partial charge in [-0.15, -0.1) is 0 Å². The monoisotopic (exact) mass is 360 g/mol. The molecule has 3 rings (SSSR count). The Morgan fingerprint density at radius 2 is 1.83 bits per heavy atom. The zero-order valence-electron chi connectivity index (χ0n) is 12.6. The van der Waals surface area contributed by atoms with Crippen LogP contribution in [-0.2, 0) is 4.79 Å². The van der Waals surface area contributed by atoms with Crippen molar-refractivity contribution >= 4 is 45.0 Å². The normalized spacial score (nSPS) is 13.2. The van der Waals surface area contributed by atoms with Crippen LogP contribution in [0.4, 0.5) is 0 Å². The first-order valence-electron chi connectivity index (χ1n) is 7.15. The lowest BCUT2D eigenvalue weighted by Gasteiger charge is -2.09. The lowest BCUT2D eigenvalue weighted by molar-refractivity contribution is -0.140. The van der Waals surface area contributed by atoms with E-state index in [9.17, 15) is 14.7 Å². The van der Waals surface area contributed by atoms with Gasteiger partial charge in [0.15, 0.2) is 4.80 Å². The number of fused-ring (bicyclic) bond motifs is 1. The summed E-state index contributed by atoms with van der Waals surface area (Å²) in [5.74, 6) is -1.50. The summed E-state index contributed by atoms with van der Waals surface area (Å²) in [4.78, 5) is 28.3. The number of carboxylic acid groups (broad SMARTS) is 1. The van der Waals surface area contributed by atoms with E-state index in [1.165, 1.54) is 11.3 Å². The van der Waals surface area contributed by atoms with Crippen LogP contribution in [0.3, 0.4) is 0 Å².